The van der Waals surface area contributed by atoms with Crippen LogP contribution in [0.1, 0.15) is 43.9 Å². The molecule has 4 heterocycles. The van der Waals surface area contributed by atoms with Gasteiger partial charge < -0.3 is 25.4 Å². The Morgan fingerprint density at radius 3 is 2.39 bits per heavy atom. The predicted molar refractivity (Wildman–Crippen MR) is 172 cm³/mol. The topological polar surface area (TPSA) is 120 Å². The largest absolute Gasteiger partial charge is 0.465 e. The Labute approximate surface area is 288 Å². The fraction of sp³-hybridized carbons (Fsp3) is 0.471. The molecule has 2 saturated heterocycles. The summed E-state index contributed by atoms with van der Waals surface area (Å²) in [6.45, 7) is 4.81. The normalized spacial score (nSPS) is 22.8. The van der Waals surface area contributed by atoms with Gasteiger partial charge in [0.25, 0.3) is 0 Å². The van der Waals surface area contributed by atoms with E-state index in [0.717, 1.165) is 36.5 Å². The van der Waals surface area contributed by atoms with Crippen LogP contribution in [0.15, 0.2) is 60.3 Å². The van der Waals surface area contributed by atoms with E-state index in [0.29, 0.717) is 43.6 Å². The van der Waals surface area contributed by atoms with Crippen LogP contribution in [0.3, 0.4) is 0 Å². The summed E-state index contributed by atoms with van der Waals surface area (Å²) < 4.78 is 116. The van der Waals surface area contributed by atoms with Gasteiger partial charge >= 0.3 is 18.3 Å². The number of benzene rings is 1. The van der Waals surface area contributed by atoms with E-state index in [1.54, 1.807) is 11.8 Å². The first kappa shape index (κ1) is 36.1. The molecule has 1 spiro atoms. The van der Waals surface area contributed by atoms with Crippen molar-refractivity contribution in [2.75, 3.05) is 36.9 Å². The van der Waals surface area contributed by atoms with Crippen molar-refractivity contribution >= 4 is 23.3 Å². The van der Waals surface area contributed by atoms with Crippen LogP contribution in [0.5, 0.6) is 5.88 Å². The van der Waals surface area contributed by atoms with Gasteiger partial charge in [0.2, 0.25) is 17.9 Å². The number of rotatable bonds is 8. The summed E-state index contributed by atoms with van der Waals surface area (Å²) in [6, 6.07) is 6.55. The molecule has 2 aliphatic heterocycles. The van der Waals surface area contributed by atoms with Crippen molar-refractivity contribution in [3.8, 4) is 5.88 Å². The Kier molecular flexibility index (Phi) is 9.54. The molecular formula is C34H36F7N7O3. The highest BCUT2D eigenvalue weighted by Crippen LogP contribution is 2.53. The van der Waals surface area contributed by atoms with Crippen molar-refractivity contribution in [3.05, 3.63) is 77.4 Å². The molecule has 0 bridgehead atoms. The lowest BCUT2D eigenvalue weighted by molar-refractivity contribution is -0.225. The molecule has 274 valence electrons. The number of hydrogen-bond acceptors (Lipinski definition) is 9. The molecular weight excluding hydrogens is 687 g/mol. The molecule has 1 aromatic carbocycles. The third-order valence-corrected chi connectivity index (χ3v) is 9.79. The number of nitrogens with one attached hydrogen (secondary N) is 1. The van der Waals surface area contributed by atoms with Crippen LogP contribution in [-0.2, 0) is 15.1 Å². The van der Waals surface area contributed by atoms with Crippen LogP contribution in [-0.4, -0.2) is 76.5 Å². The van der Waals surface area contributed by atoms with Crippen molar-refractivity contribution in [3.63, 3.8) is 0 Å². The van der Waals surface area contributed by atoms with E-state index in [1.807, 2.05) is 0 Å². The number of allylic oxidation sites excluding steroid dienone is 3. The summed E-state index contributed by atoms with van der Waals surface area (Å²) in [6.07, 6.45) is -10.2. The van der Waals surface area contributed by atoms with Crippen LogP contribution in [0.4, 0.5) is 42.5 Å². The quantitative estimate of drug-likeness (QED) is 0.217. The van der Waals surface area contributed by atoms with Gasteiger partial charge in [-0.15, -0.1) is 0 Å². The number of aromatic nitrogens is 4. The minimum absolute atomic E-state index is 0.00706. The first-order chi connectivity index (χ1) is 24.0. The monoisotopic (exact) mass is 723 g/mol. The zero-order valence-electron chi connectivity index (χ0n) is 27.7. The van der Waals surface area contributed by atoms with Crippen molar-refractivity contribution in [2.24, 2.45) is 5.41 Å². The van der Waals surface area contributed by atoms with E-state index in [9.17, 15) is 9.18 Å². The molecule has 0 amide bonds. The predicted octanol–water partition coefficient (Wildman–Crippen LogP) is 5.90. The molecule has 3 atom stereocenters. The average molecular weight is 724 g/mol. The number of esters is 1. The number of ether oxygens (including phenoxy) is 2. The number of alkyl halides is 6. The second kappa shape index (κ2) is 13.5. The van der Waals surface area contributed by atoms with Crippen LogP contribution in [0.2, 0.25) is 0 Å². The van der Waals surface area contributed by atoms with Gasteiger partial charge in [-0.1, -0.05) is 24.3 Å². The van der Waals surface area contributed by atoms with E-state index in [-0.39, 0.29) is 40.6 Å². The van der Waals surface area contributed by atoms with Gasteiger partial charge in [-0.05, 0) is 67.9 Å². The maximum absolute atomic E-state index is 15.5. The fourth-order valence-corrected chi connectivity index (χ4v) is 7.16. The van der Waals surface area contributed by atoms with E-state index in [2.05, 4.69) is 20.4 Å². The second-order valence-electron chi connectivity index (χ2n) is 13.1. The molecule has 17 heteroatoms. The zero-order valence-corrected chi connectivity index (χ0v) is 27.7. The van der Waals surface area contributed by atoms with E-state index < -0.39 is 59.7 Å². The average Bonchev–Trinajstić information content (AvgIpc) is 3.69. The minimum atomic E-state index is -5.37. The summed E-state index contributed by atoms with van der Waals surface area (Å²) in [5.74, 6) is -1.93. The summed E-state index contributed by atoms with van der Waals surface area (Å²) in [4.78, 5) is 22.1. The number of anilines is 2. The third-order valence-electron chi connectivity index (χ3n) is 9.79. The van der Waals surface area contributed by atoms with Gasteiger partial charge in [0, 0.05) is 43.9 Å². The number of carbonyl (C=O) groups is 1. The molecule has 1 aliphatic carbocycles. The Morgan fingerprint density at radius 2 is 1.78 bits per heavy atom. The van der Waals surface area contributed by atoms with Gasteiger partial charge in [-0.2, -0.15) is 41.4 Å². The lowest BCUT2D eigenvalue weighted by atomic mass is 9.74. The Bertz CT molecular complexity index is 1820. The lowest BCUT2D eigenvalue weighted by Gasteiger charge is -2.43. The maximum Gasteiger partial charge on any atom is 0.429 e. The molecule has 3 aliphatic rings. The molecule has 2 aromatic heterocycles. The second-order valence-corrected chi connectivity index (χ2v) is 13.1. The highest BCUT2D eigenvalue weighted by molar-refractivity contribution is 5.76. The van der Waals surface area contributed by atoms with Crippen LogP contribution in [0.25, 0.3) is 5.57 Å². The van der Waals surface area contributed by atoms with Crippen LogP contribution < -0.4 is 20.7 Å². The Balaban J connectivity index is 1.33. The van der Waals surface area contributed by atoms with Crippen LogP contribution in [0, 0.1) is 18.2 Å². The maximum atomic E-state index is 15.5. The third kappa shape index (κ3) is 7.12. The molecule has 6 rings (SSSR count). The highest BCUT2D eigenvalue weighted by Gasteiger charge is 2.65. The SMILES string of the molecule is CCOC(=O)[C@@H]1CC2(CCN(c3cc(O[C@H](C4=CC=C(c5ccc(F)cc5)CC4(n4ccc(C)n4)C(F)(F)F)C(F)(F)F)nc(N)n3)CC2)CN1. The number of halogens is 7. The molecule has 10 nitrogen and oxygen atoms in total. The zero-order chi connectivity index (χ0) is 36.8. The Hall–Kier alpha value is -4.67. The molecule has 1 unspecified atom stereocenters. The van der Waals surface area contributed by atoms with Gasteiger partial charge in [0.15, 0.2) is 5.54 Å². The molecule has 3 aromatic rings. The van der Waals surface area contributed by atoms with Gasteiger partial charge in [-0.25, -0.2) is 4.39 Å². The summed E-state index contributed by atoms with van der Waals surface area (Å²) in [7, 11) is 0. The first-order valence-corrected chi connectivity index (χ1v) is 16.3. The molecule has 51 heavy (non-hydrogen) atoms. The van der Waals surface area contributed by atoms with Crippen molar-refractivity contribution < 1.29 is 45.0 Å². The van der Waals surface area contributed by atoms with Crippen LogP contribution >= 0.6 is 0 Å². The van der Waals surface area contributed by atoms with Crippen molar-refractivity contribution in [1.29, 1.82) is 0 Å². The fourth-order valence-electron chi connectivity index (χ4n) is 7.16. The highest BCUT2D eigenvalue weighted by atomic mass is 19.4. The number of nitrogens with zero attached hydrogens (tertiary/aromatic N) is 5. The van der Waals surface area contributed by atoms with Crippen molar-refractivity contribution in [1.82, 2.24) is 25.1 Å². The summed E-state index contributed by atoms with van der Waals surface area (Å²) >= 11 is 0. The van der Waals surface area contributed by atoms with Gasteiger partial charge in [0.05, 0.1) is 12.3 Å². The summed E-state index contributed by atoms with van der Waals surface area (Å²) in [5, 5.41) is 7.15. The number of carbonyl (C=O) groups excluding carboxylic acids is 1. The lowest BCUT2D eigenvalue weighted by Crippen LogP contribution is -2.56. The Morgan fingerprint density at radius 1 is 1.08 bits per heavy atom. The number of nitrogen functional groups attached to an aromatic ring is 1. The van der Waals surface area contributed by atoms with Gasteiger partial charge in [-0.3, -0.25) is 9.48 Å². The standard InChI is InChI=1S/C34H36F7N7O3/c1-3-50-29(49)25-18-31(19-43-25)11-14-47(15-12-31)26-16-27(45-30(42)44-26)51-28(33(36,37)38)24-9-6-22(21-4-7-23(35)8-5-21)17-32(24,34(39,40)41)48-13-10-20(2)46-48/h4-10,13,16,25,28,43H,3,11-12,14-15,17-19H2,1-2H3,(H2,42,44,45)/t25-,28+,32?/m0/s1. The number of aryl methyl sites for hydroxylation is 1. The van der Waals surface area contributed by atoms with E-state index in [4.69, 9.17) is 15.2 Å². The molecule has 2 fully saturated rings. The van der Waals surface area contributed by atoms with Gasteiger partial charge in [0.1, 0.15) is 17.7 Å². The molecule has 3 N–H and O–H groups in total. The van der Waals surface area contributed by atoms with Crippen molar-refractivity contribution in [2.45, 2.75) is 69.6 Å². The number of hydrogen-bond donors (Lipinski definition) is 2. The summed E-state index contributed by atoms with van der Waals surface area (Å²) in [5.41, 5.74) is 1.51. The molecule has 0 radical (unpaired) electrons. The number of piperidine rings is 1. The number of nitrogens with two attached hydrogens (primary N) is 1. The van der Waals surface area contributed by atoms with E-state index in [1.165, 1.54) is 25.1 Å². The smallest absolute Gasteiger partial charge is 0.429 e. The van der Waals surface area contributed by atoms with E-state index >= 15 is 26.3 Å². The first-order valence-electron chi connectivity index (χ1n) is 16.3. The minimum Gasteiger partial charge on any atom is -0.465 e. The molecule has 0 saturated carbocycles.